The highest BCUT2D eigenvalue weighted by Crippen LogP contribution is 2.39. The molecule has 3 unspecified atom stereocenters. The van der Waals surface area contributed by atoms with Crippen LogP contribution in [0.2, 0.25) is 0 Å². The fourth-order valence-electron chi connectivity index (χ4n) is 2.98. The van der Waals surface area contributed by atoms with E-state index in [9.17, 15) is 4.79 Å². The van der Waals surface area contributed by atoms with Crippen LogP contribution in [0.3, 0.4) is 0 Å². The van der Waals surface area contributed by atoms with Crippen molar-refractivity contribution in [3.05, 3.63) is 23.8 Å². The molecular weight excluding hydrogens is 304 g/mol. The van der Waals surface area contributed by atoms with Crippen LogP contribution < -0.4 is 15.2 Å². The van der Waals surface area contributed by atoms with Crippen LogP contribution in [0, 0.1) is 5.92 Å². The van der Waals surface area contributed by atoms with Crippen LogP contribution in [0.4, 0.5) is 0 Å². The van der Waals surface area contributed by atoms with E-state index in [1.54, 1.807) is 0 Å². The number of hydrogen-bond donors (Lipinski definition) is 1. The van der Waals surface area contributed by atoms with E-state index in [2.05, 4.69) is 0 Å². The van der Waals surface area contributed by atoms with Gasteiger partial charge in [0.25, 0.3) is 0 Å². The number of carbonyl (C=O) groups is 1. The fraction of sp³-hybridized carbons (Fsp3) is 0.562. The van der Waals surface area contributed by atoms with Gasteiger partial charge >= 0.3 is 0 Å². The number of halogens is 1. The van der Waals surface area contributed by atoms with Gasteiger partial charge in [-0.3, -0.25) is 4.79 Å². The Morgan fingerprint density at radius 1 is 1.32 bits per heavy atom. The monoisotopic (exact) mass is 326 g/mol. The Bertz CT molecular complexity index is 550. The molecule has 0 aliphatic carbocycles. The molecule has 1 fully saturated rings. The van der Waals surface area contributed by atoms with Gasteiger partial charge in [-0.05, 0) is 37.5 Å². The van der Waals surface area contributed by atoms with Crippen LogP contribution in [0.25, 0.3) is 0 Å². The number of nitrogens with two attached hydrogens (primary N) is 1. The number of nitrogens with zero attached hydrogens (tertiary/aromatic N) is 1. The largest absolute Gasteiger partial charge is 0.454 e. The zero-order chi connectivity index (χ0) is 15.0. The molecule has 1 aromatic rings. The van der Waals surface area contributed by atoms with Gasteiger partial charge in [0.15, 0.2) is 11.5 Å². The van der Waals surface area contributed by atoms with Crippen molar-refractivity contribution in [2.24, 2.45) is 11.7 Å². The van der Waals surface area contributed by atoms with Crippen molar-refractivity contribution in [3.8, 4) is 11.5 Å². The summed E-state index contributed by atoms with van der Waals surface area (Å²) in [5.41, 5.74) is 6.99. The van der Waals surface area contributed by atoms with E-state index >= 15 is 0 Å². The molecule has 0 aromatic heterocycles. The number of carbonyl (C=O) groups excluding carboxylic acids is 1. The van der Waals surface area contributed by atoms with E-state index in [4.69, 9.17) is 15.2 Å². The van der Waals surface area contributed by atoms with E-state index in [-0.39, 0.29) is 43.1 Å². The third-order valence-corrected chi connectivity index (χ3v) is 4.50. The van der Waals surface area contributed by atoms with Gasteiger partial charge in [0.1, 0.15) is 0 Å². The topological polar surface area (TPSA) is 64.8 Å². The Balaban J connectivity index is 0.00000176. The molecule has 0 saturated carbocycles. The van der Waals surface area contributed by atoms with Crippen LogP contribution >= 0.6 is 12.4 Å². The lowest BCUT2D eigenvalue weighted by Crippen LogP contribution is -2.41. The van der Waals surface area contributed by atoms with Gasteiger partial charge in [0, 0.05) is 12.6 Å². The predicted molar refractivity (Wildman–Crippen MR) is 86.3 cm³/mol. The molecular formula is C16H23ClN2O3. The van der Waals surface area contributed by atoms with Crippen molar-refractivity contribution in [2.75, 3.05) is 13.3 Å². The van der Waals surface area contributed by atoms with Gasteiger partial charge in [-0.15, -0.1) is 12.4 Å². The molecule has 3 rings (SSSR count). The first kappa shape index (κ1) is 16.9. The molecule has 1 saturated heterocycles. The van der Waals surface area contributed by atoms with Crippen LogP contribution in [0.15, 0.2) is 18.2 Å². The van der Waals surface area contributed by atoms with Gasteiger partial charge in [0.05, 0.1) is 12.0 Å². The maximum atomic E-state index is 12.6. The Kier molecular flexibility index (Phi) is 5.19. The summed E-state index contributed by atoms with van der Waals surface area (Å²) >= 11 is 0. The molecule has 0 bridgehead atoms. The number of benzene rings is 1. The van der Waals surface area contributed by atoms with E-state index in [0.29, 0.717) is 0 Å². The number of hydrogen-bond acceptors (Lipinski definition) is 4. The van der Waals surface area contributed by atoms with Gasteiger partial charge in [-0.1, -0.05) is 13.0 Å². The van der Waals surface area contributed by atoms with E-state index in [1.165, 1.54) is 0 Å². The van der Waals surface area contributed by atoms with Crippen molar-refractivity contribution < 1.29 is 14.3 Å². The van der Waals surface area contributed by atoms with E-state index in [1.807, 2.05) is 36.9 Å². The molecule has 122 valence electrons. The second kappa shape index (κ2) is 6.75. The SMILES string of the molecule is CC(N)C(C)C(=O)N1CCCC1c1ccc2c(c1)OCO2.Cl. The summed E-state index contributed by atoms with van der Waals surface area (Å²) in [6.07, 6.45) is 2.01. The summed E-state index contributed by atoms with van der Waals surface area (Å²) in [4.78, 5) is 14.6. The van der Waals surface area contributed by atoms with Crippen molar-refractivity contribution in [1.82, 2.24) is 4.90 Å². The van der Waals surface area contributed by atoms with Crippen LogP contribution in [0.1, 0.15) is 38.3 Å². The zero-order valence-electron chi connectivity index (χ0n) is 13.0. The lowest BCUT2D eigenvalue weighted by molar-refractivity contribution is -0.136. The van der Waals surface area contributed by atoms with Crippen molar-refractivity contribution in [1.29, 1.82) is 0 Å². The molecule has 2 N–H and O–H groups in total. The minimum absolute atomic E-state index is 0. The number of amides is 1. The second-order valence-corrected chi connectivity index (χ2v) is 5.95. The minimum atomic E-state index is -0.153. The number of fused-ring (bicyclic) bond motifs is 1. The summed E-state index contributed by atoms with van der Waals surface area (Å²) in [6.45, 7) is 4.86. The Hall–Kier alpha value is -1.46. The molecule has 0 radical (unpaired) electrons. The van der Waals surface area contributed by atoms with E-state index < -0.39 is 0 Å². The normalized spacial score (nSPS) is 22.1. The highest BCUT2D eigenvalue weighted by atomic mass is 35.5. The summed E-state index contributed by atoms with van der Waals surface area (Å²) in [5, 5.41) is 0. The Labute approximate surface area is 137 Å². The molecule has 3 atom stereocenters. The van der Waals surface area contributed by atoms with Crippen molar-refractivity contribution >= 4 is 18.3 Å². The highest BCUT2D eigenvalue weighted by Gasteiger charge is 2.34. The third-order valence-electron chi connectivity index (χ3n) is 4.50. The molecule has 2 aliphatic rings. The van der Waals surface area contributed by atoms with Crippen LogP contribution in [-0.2, 0) is 4.79 Å². The highest BCUT2D eigenvalue weighted by molar-refractivity contribution is 5.85. The average molecular weight is 327 g/mol. The smallest absolute Gasteiger partial charge is 0.231 e. The molecule has 1 amide bonds. The minimum Gasteiger partial charge on any atom is -0.454 e. The molecule has 0 spiro atoms. The summed E-state index contributed by atoms with van der Waals surface area (Å²) in [6, 6.07) is 5.94. The molecule has 2 heterocycles. The third kappa shape index (κ3) is 3.01. The predicted octanol–water partition coefficient (Wildman–Crippen LogP) is 2.48. The van der Waals surface area contributed by atoms with Crippen LogP contribution in [0.5, 0.6) is 11.5 Å². The first-order valence-electron chi connectivity index (χ1n) is 7.53. The first-order valence-corrected chi connectivity index (χ1v) is 7.53. The van der Waals surface area contributed by atoms with Gasteiger partial charge in [0.2, 0.25) is 12.7 Å². The lowest BCUT2D eigenvalue weighted by atomic mass is 10.00. The Morgan fingerprint density at radius 2 is 2.05 bits per heavy atom. The molecule has 2 aliphatic heterocycles. The maximum absolute atomic E-state index is 12.6. The lowest BCUT2D eigenvalue weighted by Gasteiger charge is -2.29. The van der Waals surface area contributed by atoms with Gasteiger partial charge < -0.3 is 20.1 Å². The first-order chi connectivity index (χ1) is 10.1. The standard InChI is InChI=1S/C16H22N2O3.ClH/c1-10(11(2)17)16(19)18-7-3-4-13(18)12-5-6-14-15(8-12)21-9-20-14;/h5-6,8,10-11,13H,3-4,7,9,17H2,1-2H3;1H. The zero-order valence-corrected chi connectivity index (χ0v) is 13.8. The summed E-state index contributed by atoms with van der Waals surface area (Å²) < 4.78 is 10.8. The fourth-order valence-corrected chi connectivity index (χ4v) is 2.98. The Morgan fingerprint density at radius 3 is 2.77 bits per heavy atom. The van der Waals surface area contributed by atoms with Crippen LogP contribution in [-0.4, -0.2) is 30.2 Å². The molecule has 5 nitrogen and oxygen atoms in total. The number of ether oxygens (including phenoxy) is 2. The number of likely N-dealkylation sites (tertiary alicyclic amines) is 1. The second-order valence-electron chi connectivity index (χ2n) is 5.95. The summed E-state index contributed by atoms with van der Waals surface area (Å²) in [5.74, 6) is 1.54. The average Bonchev–Trinajstić information content (AvgIpc) is 3.13. The molecule has 22 heavy (non-hydrogen) atoms. The maximum Gasteiger partial charge on any atom is 0.231 e. The van der Waals surface area contributed by atoms with E-state index in [0.717, 1.165) is 36.4 Å². The number of rotatable bonds is 3. The van der Waals surface area contributed by atoms with Gasteiger partial charge in [-0.2, -0.15) is 0 Å². The summed E-state index contributed by atoms with van der Waals surface area (Å²) in [7, 11) is 0. The van der Waals surface area contributed by atoms with Crippen molar-refractivity contribution in [3.63, 3.8) is 0 Å². The van der Waals surface area contributed by atoms with Crippen molar-refractivity contribution in [2.45, 2.75) is 38.8 Å². The van der Waals surface area contributed by atoms with Gasteiger partial charge in [-0.25, -0.2) is 0 Å². The molecule has 6 heteroatoms. The molecule has 1 aromatic carbocycles. The quantitative estimate of drug-likeness (QED) is 0.926.